The van der Waals surface area contributed by atoms with E-state index < -0.39 is 18.3 Å². The minimum absolute atomic E-state index is 0. The van der Waals surface area contributed by atoms with Gasteiger partial charge in [0.05, 0.1) is 31.3 Å². The highest BCUT2D eigenvalue weighted by Crippen LogP contribution is 2.31. The molecular weight excluding hydrogens is 1190 g/mol. The molecule has 6 atom stereocenters. The Morgan fingerprint density at radius 1 is 0.500 bits per heavy atom. The van der Waals surface area contributed by atoms with Gasteiger partial charge in [-0.2, -0.15) is 10.2 Å². The zero-order valence-electron chi connectivity index (χ0n) is 52.2. The molecular formula is C74H109BN8O11. The average molecular weight is 1300 g/mol. The van der Waals surface area contributed by atoms with Crippen molar-refractivity contribution in [3.05, 3.63) is 193 Å². The van der Waals surface area contributed by atoms with Crippen LogP contribution < -0.4 is 30.4 Å². The number of urea groups is 1. The number of amides is 4. The Morgan fingerprint density at radius 3 is 1.32 bits per heavy atom. The lowest BCUT2D eigenvalue weighted by Gasteiger charge is -2.27. The van der Waals surface area contributed by atoms with Crippen LogP contribution in [0.25, 0.3) is 0 Å². The fourth-order valence-electron chi connectivity index (χ4n) is 9.92. The van der Waals surface area contributed by atoms with Crippen molar-refractivity contribution in [1.82, 2.24) is 30.5 Å². The van der Waals surface area contributed by atoms with E-state index in [4.69, 9.17) is 33.7 Å². The zero-order chi connectivity index (χ0) is 63.4. The predicted octanol–water partition coefficient (Wildman–Crippen LogP) is 13.4. The van der Waals surface area contributed by atoms with E-state index in [2.05, 4.69) is 45.2 Å². The molecule has 4 fully saturated rings. The van der Waals surface area contributed by atoms with Gasteiger partial charge in [0.2, 0.25) is 0 Å². The fourth-order valence-corrected chi connectivity index (χ4v) is 9.92. The van der Waals surface area contributed by atoms with Crippen LogP contribution in [0.2, 0.25) is 0 Å². The average Bonchev–Trinajstić information content (AvgIpc) is 1.74. The van der Waals surface area contributed by atoms with E-state index in [9.17, 15) is 19.5 Å². The van der Waals surface area contributed by atoms with Gasteiger partial charge in [-0.1, -0.05) is 183 Å². The number of aliphatic hydroxyl groups is 1. The molecule has 20 heteroatoms. The van der Waals surface area contributed by atoms with Gasteiger partial charge < -0.3 is 64.3 Å². The lowest BCUT2D eigenvalue weighted by Crippen LogP contribution is -2.40. The number of rotatable bonds is 9. The monoisotopic (exact) mass is 1300 g/mol. The number of β-amino-alcohol motifs (C(OH)–C–C–N with tert-alkyl or cyclic N) is 1. The smallest absolute Gasteiger partial charge is 0.488 e. The molecule has 94 heavy (non-hydrogen) atoms. The number of hydrazone groups is 2. The summed E-state index contributed by atoms with van der Waals surface area (Å²) < 4.78 is 28.0. The number of carbonyl (C=O) groups is 3. The van der Waals surface area contributed by atoms with Crippen LogP contribution in [0.3, 0.4) is 0 Å². The molecule has 514 valence electrons. The fraction of sp³-hybridized carbons (Fsp3) is 0.446. The van der Waals surface area contributed by atoms with Gasteiger partial charge in [-0.25, -0.2) is 19.4 Å². The van der Waals surface area contributed by atoms with Crippen LogP contribution in [0.1, 0.15) is 140 Å². The molecule has 0 bridgehead atoms. The molecule has 5 N–H and O–H groups in total. The Morgan fingerprint density at radius 2 is 0.915 bits per heavy atom. The summed E-state index contributed by atoms with van der Waals surface area (Å²) in [6.45, 7) is 16.7. The largest absolute Gasteiger partial charge is 0.489 e. The van der Waals surface area contributed by atoms with E-state index in [1.165, 1.54) is 10.5 Å². The molecule has 6 aromatic rings. The maximum Gasteiger partial charge on any atom is 0.488 e. The van der Waals surface area contributed by atoms with Crippen LogP contribution in [0, 0.1) is 0 Å². The van der Waals surface area contributed by atoms with Crippen molar-refractivity contribution in [2.75, 3.05) is 52.4 Å². The van der Waals surface area contributed by atoms with E-state index in [1.54, 1.807) is 34.2 Å². The van der Waals surface area contributed by atoms with Gasteiger partial charge in [0.1, 0.15) is 46.8 Å². The first-order valence-corrected chi connectivity index (χ1v) is 30.7. The van der Waals surface area contributed by atoms with E-state index >= 15 is 0 Å². The second-order valence-electron chi connectivity index (χ2n) is 24.0. The Balaban J connectivity index is 0.000000393. The molecule has 0 radical (unpaired) electrons. The first-order chi connectivity index (χ1) is 42.9. The number of ether oxygens (including phenoxy) is 5. The van der Waals surface area contributed by atoms with Gasteiger partial charge in [-0.05, 0) is 114 Å². The topological polar surface area (TPSA) is 220 Å². The molecule has 6 aromatic carbocycles. The minimum atomic E-state index is -1.34. The molecule has 6 heterocycles. The molecule has 4 amide bonds. The molecule has 4 saturated heterocycles. The Bertz CT molecular complexity index is 3040. The van der Waals surface area contributed by atoms with E-state index in [0.717, 1.165) is 68.0 Å². The van der Waals surface area contributed by atoms with Crippen molar-refractivity contribution in [1.29, 1.82) is 0 Å². The summed E-state index contributed by atoms with van der Waals surface area (Å²) in [5.74, 6) is 2.67. The van der Waals surface area contributed by atoms with Crippen molar-refractivity contribution in [3.8, 4) is 17.2 Å². The first-order valence-electron chi connectivity index (χ1n) is 30.7. The van der Waals surface area contributed by atoms with Gasteiger partial charge in [-0.3, -0.25) is 0 Å². The lowest BCUT2D eigenvalue weighted by molar-refractivity contribution is 0.0263. The third-order valence-corrected chi connectivity index (χ3v) is 14.4. The number of benzene rings is 6. The SMILES string of the molecule is C.C.C.C.C.C1=NNC(c2ccccc2)C1.CC(C)(C)OC(=O)N1CC[C@@H](O)C1.CC(C)(C)OC(=O)N1CC[C@@H](Oc2ccccc2)C1.O=C(N1CC[C@@H](Oc2ccccc2)C1)N1N=CCC1c1ccccc1.OB(O)c1ccccc1.c1ccc(O[C@@H]2CCNC2)cc1. The summed E-state index contributed by atoms with van der Waals surface area (Å²) in [7, 11) is -1.34. The van der Waals surface area contributed by atoms with Crippen LogP contribution >= 0.6 is 0 Å². The Hall–Kier alpha value is -8.43. The van der Waals surface area contributed by atoms with E-state index in [-0.39, 0.29) is 79.7 Å². The number of nitrogens with zero attached hydrogens (tertiary/aromatic N) is 6. The summed E-state index contributed by atoms with van der Waals surface area (Å²) in [4.78, 5) is 41.3. The quantitative estimate of drug-likeness (QED) is 0.0852. The molecule has 12 rings (SSSR count). The standard InChI is InChI=1S/C20H21N3O2.C15H21NO3.C10H13NO.C9H10N2.C9H17NO3.C6H7BO2.5CH4/c24-20(23-19(11-13-21-23)16-7-3-1-4-8-16)22-14-12-18(15-22)25-17-9-5-2-6-10-17;1-15(2,3)19-14(17)16-10-9-13(11-16)18-12-7-5-4-6-8-12;1-2-4-9(5-3-1)12-10-6-7-11-8-10;1-2-4-8(5-3-1)9-6-7-10-11-9;1-9(2,3)13-8(12)10-5-4-7(11)6-10;8-7(9)6-4-2-1-3-5-6;;;;;/h1-10,13,18-19H,11-12,14-15H2;4-8,13H,9-11H2,1-3H3;1-5,10-11H,6-8H2;1-5,7,9,11H,6H2;7,11H,4-6H2,1-3H3;1-5,8-9H;5*1H4/t18-,19?;13-;10-;;7-;;;;;;/m111.1....../s1. The summed E-state index contributed by atoms with van der Waals surface area (Å²) in [6, 6.07) is 58.9. The lowest BCUT2D eigenvalue weighted by atomic mass is 9.81. The highest BCUT2D eigenvalue weighted by molar-refractivity contribution is 6.58. The van der Waals surface area contributed by atoms with Crippen molar-refractivity contribution in [3.63, 3.8) is 0 Å². The van der Waals surface area contributed by atoms with Crippen LogP contribution in [-0.2, 0) is 9.47 Å². The number of hydrogen-bond donors (Lipinski definition) is 5. The number of nitrogens with one attached hydrogen (secondary N) is 2. The van der Waals surface area contributed by atoms with Gasteiger partial charge >= 0.3 is 25.3 Å². The number of para-hydroxylation sites is 3. The minimum Gasteiger partial charge on any atom is -0.489 e. The molecule has 0 aromatic heterocycles. The van der Waals surface area contributed by atoms with Crippen LogP contribution in [-0.4, -0.2) is 161 Å². The van der Waals surface area contributed by atoms with Crippen molar-refractivity contribution in [2.24, 2.45) is 10.2 Å². The van der Waals surface area contributed by atoms with E-state index in [0.29, 0.717) is 63.3 Å². The number of likely N-dealkylation sites (tertiary alicyclic amines) is 3. The van der Waals surface area contributed by atoms with Crippen LogP contribution in [0.5, 0.6) is 17.2 Å². The van der Waals surface area contributed by atoms with Gasteiger partial charge in [0.25, 0.3) is 0 Å². The van der Waals surface area contributed by atoms with Crippen LogP contribution in [0.15, 0.2) is 192 Å². The third-order valence-electron chi connectivity index (χ3n) is 14.4. The Labute approximate surface area is 562 Å². The number of carbonyl (C=O) groups excluding carboxylic acids is 3. The maximum atomic E-state index is 12.9. The second kappa shape index (κ2) is 42.0. The predicted molar refractivity (Wildman–Crippen MR) is 382 cm³/mol. The molecule has 6 aliphatic rings. The molecule has 0 saturated carbocycles. The Kier molecular flexibility index (Phi) is 36.5. The number of aliphatic hydroxyl groups excluding tert-OH is 1. The zero-order valence-corrected chi connectivity index (χ0v) is 52.2. The van der Waals surface area contributed by atoms with Gasteiger partial charge in [0, 0.05) is 70.8 Å². The second-order valence-corrected chi connectivity index (χ2v) is 24.0. The summed E-state index contributed by atoms with van der Waals surface area (Å²) in [5, 5.41) is 39.5. The summed E-state index contributed by atoms with van der Waals surface area (Å²) in [6.07, 6.45) is 8.44. The summed E-state index contributed by atoms with van der Waals surface area (Å²) >= 11 is 0. The van der Waals surface area contributed by atoms with Crippen molar-refractivity contribution >= 4 is 43.2 Å². The van der Waals surface area contributed by atoms with Gasteiger partial charge in [-0.15, -0.1) is 0 Å². The number of hydrogen-bond acceptors (Lipinski definition) is 15. The highest BCUT2D eigenvalue weighted by Gasteiger charge is 2.36. The van der Waals surface area contributed by atoms with Crippen LogP contribution in [0.4, 0.5) is 14.4 Å². The summed E-state index contributed by atoms with van der Waals surface area (Å²) in [5.41, 5.74) is 5.09. The van der Waals surface area contributed by atoms with Crippen molar-refractivity contribution in [2.45, 2.75) is 165 Å². The molecule has 0 aliphatic carbocycles. The molecule has 2 unspecified atom stereocenters. The molecule has 19 nitrogen and oxygen atoms in total. The molecule has 6 aliphatic heterocycles. The van der Waals surface area contributed by atoms with Gasteiger partial charge in [0.15, 0.2) is 0 Å². The van der Waals surface area contributed by atoms with Crippen molar-refractivity contribution < 1.29 is 53.2 Å². The maximum absolute atomic E-state index is 12.9. The third kappa shape index (κ3) is 28.8. The first kappa shape index (κ1) is 81.7. The molecule has 0 spiro atoms. The highest BCUT2D eigenvalue weighted by atomic mass is 16.6. The normalized spacial score (nSPS) is 19.4. The van der Waals surface area contributed by atoms with E-state index in [1.807, 2.05) is 192 Å².